The van der Waals surface area contributed by atoms with Gasteiger partial charge in [0.15, 0.2) is 0 Å². The van der Waals surface area contributed by atoms with Crippen LogP contribution in [0.5, 0.6) is 0 Å². The molecule has 33 heavy (non-hydrogen) atoms. The van der Waals surface area contributed by atoms with E-state index in [0.29, 0.717) is 0 Å². The van der Waals surface area contributed by atoms with Crippen molar-refractivity contribution in [2.45, 2.75) is 102 Å². The largest absolute Gasteiger partial charge is 0.388 e. The van der Waals surface area contributed by atoms with Crippen molar-refractivity contribution in [3.8, 4) is 0 Å². The Bertz CT molecular complexity index is 981. The van der Waals surface area contributed by atoms with Crippen molar-refractivity contribution in [3.63, 3.8) is 0 Å². The van der Waals surface area contributed by atoms with Gasteiger partial charge in [0, 0.05) is 6.42 Å². The van der Waals surface area contributed by atoms with Crippen LogP contribution >= 0.6 is 0 Å². The average Bonchev–Trinajstić information content (AvgIpc) is 3.05. The van der Waals surface area contributed by atoms with E-state index < -0.39 is 38.3 Å². The molecule has 2 fully saturated rings. The number of sulfone groups is 1. The lowest BCUT2D eigenvalue weighted by molar-refractivity contribution is 0.0632. The van der Waals surface area contributed by atoms with E-state index in [9.17, 15) is 22.3 Å². The van der Waals surface area contributed by atoms with Crippen molar-refractivity contribution in [2.24, 2.45) is 17.3 Å². The summed E-state index contributed by atoms with van der Waals surface area (Å²) >= 11 is 0. The molecule has 0 spiro atoms. The lowest BCUT2D eigenvalue weighted by Gasteiger charge is -2.43. The third-order valence-electron chi connectivity index (χ3n) is 8.12. The van der Waals surface area contributed by atoms with Crippen LogP contribution < -0.4 is 0 Å². The predicted octanol–water partition coefficient (Wildman–Crippen LogP) is 6.91. The lowest BCUT2D eigenvalue weighted by atomic mass is 9.62. The molecule has 0 aromatic rings. The lowest BCUT2D eigenvalue weighted by Crippen LogP contribution is -2.43. The highest BCUT2D eigenvalue weighted by Gasteiger charge is 2.54. The Morgan fingerprint density at radius 3 is 2.55 bits per heavy atom. The maximum absolute atomic E-state index is 15.0. The van der Waals surface area contributed by atoms with Gasteiger partial charge in [0.05, 0.1) is 10.9 Å². The summed E-state index contributed by atoms with van der Waals surface area (Å²) < 4.78 is 53.4. The molecule has 0 radical (unpaired) electrons. The molecule has 0 heterocycles. The quantitative estimate of drug-likeness (QED) is 0.433. The number of hydrogen-bond acceptors (Lipinski definition) is 3. The van der Waals surface area contributed by atoms with Crippen LogP contribution in [0.25, 0.3) is 0 Å². The summed E-state index contributed by atoms with van der Waals surface area (Å²) in [6.07, 6.45) is 11.5. The molecule has 2 saturated carbocycles. The van der Waals surface area contributed by atoms with E-state index in [0.717, 1.165) is 61.7 Å². The number of alkyl halides is 2. The summed E-state index contributed by atoms with van der Waals surface area (Å²) in [4.78, 5) is 0. The van der Waals surface area contributed by atoms with Crippen LogP contribution in [0.15, 0.2) is 47.1 Å². The third kappa shape index (κ3) is 4.80. The van der Waals surface area contributed by atoms with Crippen LogP contribution in [0, 0.1) is 17.3 Å². The normalized spacial score (nSPS) is 32.7. The van der Waals surface area contributed by atoms with E-state index in [1.54, 1.807) is 6.92 Å². The van der Waals surface area contributed by atoms with Crippen molar-refractivity contribution in [1.82, 2.24) is 0 Å². The molecule has 0 aromatic carbocycles. The van der Waals surface area contributed by atoms with Gasteiger partial charge in [-0.3, -0.25) is 0 Å². The summed E-state index contributed by atoms with van der Waals surface area (Å²) in [5, 5.41) is 6.33. The van der Waals surface area contributed by atoms with E-state index in [1.807, 2.05) is 0 Å². The Morgan fingerprint density at radius 2 is 1.91 bits per heavy atom. The molecule has 2 unspecified atom stereocenters. The highest BCUT2D eigenvalue weighted by molar-refractivity contribution is 7.93. The van der Waals surface area contributed by atoms with Crippen LogP contribution in [0.2, 0.25) is 0 Å². The minimum absolute atomic E-state index is 0.229. The van der Waals surface area contributed by atoms with Gasteiger partial charge in [0.2, 0.25) is 9.84 Å². The van der Waals surface area contributed by atoms with Crippen molar-refractivity contribution >= 4 is 9.84 Å². The Hall–Kier alpha value is -1.27. The van der Waals surface area contributed by atoms with Gasteiger partial charge < -0.3 is 5.11 Å². The average molecular weight is 483 g/mol. The molecule has 3 aliphatic carbocycles. The second-order valence-electron chi connectivity index (χ2n) is 11.4. The molecule has 1 N–H and O–H groups in total. The van der Waals surface area contributed by atoms with Gasteiger partial charge in [-0.25, -0.2) is 8.42 Å². The van der Waals surface area contributed by atoms with E-state index in [1.165, 1.54) is 26.3 Å². The molecule has 0 aromatic heterocycles. The number of rotatable bonds is 5. The number of halogens is 2. The molecule has 0 amide bonds. The van der Waals surface area contributed by atoms with E-state index >= 15 is 0 Å². The van der Waals surface area contributed by atoms with Crippen LogP contribution in [-0.4, -0.2) is 29.6 Å². The molecule has 0 bridgehead atoms. The number of fused-ring (bicyclic) bond motifs is 1. The van der Waals surface area contributed by atoms with E-state index in [4.69, 9.17) is 0 Å². The van der Waals surface area contributed by atoms with Crippen molar-refractivity contribution in [2.75, 3.05) is 0 Å². The fourth-order valence-corrected chi connectivity index (χ4v) is 7.44. The number of allylic oxidation sites excluding steroid dienone is 5. The van der Waals surface area contributed by atoms with Crippen LogP contribution in [0.4, 0.5) is 8.78 Å². The number of aliphatic hydroxyl groups excluding tert-OH is 1. The topological polar surface area (TPSA) is 54.4 Å². The molecule has 3 nitrogen and oxygen atoms in total. The summed E-state index contributed by atoms with van der Waals surface area (Å²) in [5.41, 5.74) is 3.97. The first-order valence-electron chi connectivity index (χ1n) is 12.2. The summed E-state index contributed by atoms with van der Waals surface area (Å²) in [5.74, 6) is -0.270. The third-order valence-corrected chi connectivity index (χ3v) is 10.7. The Balaban J connectivity index is 1.81. The summed E-state index contributed by atoms with van der Waals surface area (Å²) in [6, 6.07) is 0. The van der Waals surface area contributed by atoms with Crippen LogP contribution in [0.3, 0.4) is 0 Å². The number of aliphatic hydroxyl groups is 1. The van der Waals surface area contributed by atoms with Gasteiger partial charge in [-0.15, -0.1) is 0 Å². The minimum atomic E-state index is -4.60. The molecule has 0 aliphatic heterocycles. The van der Waals surface area contributed by atoms with Gasteiger partial charge in [0.1, 0.15) is 0 Å². The number of hydrogen-bond donors (Lipinski definition) is 1. The van der Waals surface area contributed by atoms with E-state index in [-0.39, 0.29) is 11.3 Å². The second kappa shape index (κ2) is 9.07. The van der Waals surface area contributed by atoms with Crippen molar-refractivity contribution < 1.29 is 22.3 Å². The van der Waals surface area contributed by atoms with Gasteiger partial charge in [0.25, 0.3) is 0 Å². The zero-order chi connectivity index (χ0) is 24.8. The Labute approximate surface area is 198 Å². The van der Waals surface area contributed by atoms with Crippen molar-refractivity contribution in [1.29, 1.82) is 0 Å². The van der Waals surface area contributed by atoms with Gasteiger partial charge in [-0.2, -0.15) is 8.78 Å². The highest BCUT2D eigenvalue weighted by Crippen LogP contribution is 2.57. The monoisotopic (exact) mass is 482 g/mol. The van der Waals surface area contributed by atoms with Crippen LogP contribution in [0.1, 0.15) is 86.0 Å². The minimum Gasteiger partial charge on any atom is -0.388 e. The smallest absolute Gasteiger partial charge is 0.346 e. The first-order valence-corrected chi connectivity index (χ1v) is 13.7. The molecule has 186 valence electrons. The zero-order valence-electron chi connectivity index (χ0n) is 20.8. The van der Waals surface area contributed by atoms with Gasteiger partial charge >= 0.3 is 5.25 Å². The Kier molecular flexibility index (Phi) is 7.24. The molecular formula is C27H40F2O3S. The molecule has 3 aliphatic rings. The Morgan fingerprint density at radius 1 is 1.24 bits per heavy atom. The fraction of sp³-hybridized carbons (Fsp3) is 0.704. The standard InChI is InChI=1S/C27H40F2O3S/c1-18(17-27(28,29)33(31,32)25(3,4)5)22-14-15-23-21(10-8-16-26(22,23)6)13-12-20-9-7-11-24(30)19(20)2/h12-14,18,23-24,30H,2,7-11,15-17H2,1,3-6H3/b20-12-,21-13+/t18-,23+,24?,26?/m1/s1. The first kappa shape index (κ1) is 26.3. The predicted molar refractivity (Wildman–Crippen MR) is 131 cm³/mol. The molecule has 4 atom stereocenters. The first-order chi connectivity index (χ1) is 15.1. The zero-order valence-corrected chi connectivity index (χ0v) is 21.6. The maximum atomic E-state index is 15.0. The fourth-order valence-electron chi connectivity index (χ4n) is 6.07. The summed E-state index contributed by atoms with van der Waals surface area (Å²) in [7, 11) is -4.60. The van der Waals surface area contributed by atoms with Crippen molar-refractivity contribution in [3.05, 3.63) is 47.1 Å². The maximum Gasteiger partial charge on any atom is 0.346 e. The highest BCUT2D eigenvalue weighted by atomic mass is 32.2. The van der Waals surface area contributed by atoms with E-state index in [2.05, 4.69) is 31.7 Å². The molecule has 6 heteroatoms. The van der Waals surface area contributed by atoms with Gasteiger partial charge in [-0.05, 0) is 94.1 Å². The summed E-state index contributed by atoms with van der Waals surface area (Å²) in [6.45, 7) is 12.0. The molecule has 3 rings (SSSR count). The van der Waals surface area contributed by atoms with Crippen LogP contribution in [-0.2, 0) is 9.84 Å². The molecule has 0 saturated heterocycles. The SMILES string of the molecule is C=C1/C(=C\C=C2/CCCC3(C)C([C@H](C)CC(F)(F)S(=O)(=O)C(C)(C)C)=CC[C@@H]23)CCCC1O. The molecular weight excluding hydrogens is 442 g/mol. The second-order valence-corrected chi connectivity index (χ2v) is 14.3. The van der Waals surface area contributed by atoms with Gasteiger partial charge in [-0.1, -0.05) is 49.8 Å².